The van der Waals surface area contributed by atoms with Crippen LogP contribution in [0.3, 0.4) is 0 Å². The van der Waals surface area contributed by atoms with Gasteiger partial charge in [0.05, 0.1) is 46.7 Å². The van der Waals surface area contributed by atoms with Gasteiger partial charge < -0.3 is 15.2 Å². The summed E-state index contributed by atoms with van der Waals surface area (Å²) in [4.78, 5) is 24.9. The van der Waals surface area contributed by atoms with Crippen molar-refractivity contribution in [3.8, 4) is 11.3 Å². The Labute approximate surface area is 187 Å². The van der Waals surface area contributed by atoms with Crippen LogP contribution in [0.25, 0.3) is 27.8 Å². The zero-order valence-corrected chi connectivity index (χ0v) is 17.7. The number of fused-ring (bicyclic) bond motifs is 2. The molecule has 158 valence electrons. The molecule has 4 heterocycles. The first-order valence-electron chi connectivity index (χ1n) is 9.63. The third-order valence-corrected chi connectivity index (χ3v) is 5.22. The van der Waals surface area contributed by atoms with Crippen molar-refractivity contribution in [3.63, 3.8) is 0 Å². The molecule has 0 spiro atoms. The number of carbonyl (C=O) groups excluding carboxylic acids is 1. The summed E-state index contributed by atoms with van der Waals surface area (Å²) in [6.45, 7) is 3.48. The molecule has 0 aliphatic rings. The molecule has 0 fully saturated rings. The van der Waals surface area contributed by atoms with Crippen LogP contribution in [0, 0.1) is 0 Å². The topological polar surface area (TPSA) is 102 Å². The molecule has 0 aliphatic carbocycles. The number of rotatable bonds is 5. The summed E-state index contributed by atoms with van der Waals surface area (Å²) >= 11 is 6.47. The summed E-state index contributed by atoms with van der Waals surface area (Å²) in [7, 11) is 1.92. The Morgan fingerprint density at radius 1 is 1.16 bits per heavy atom. The second-order valence-corrected chi connectivity index (χ2v) is 7.48. The summed E-state index contributed by atoms with van der Waals surface area (Å²) in [5, 5.41) is 11.5. The van der Waals surface area contributed by atoms with Crippen LogP contribution < -0.4 is 10.6 Å². The van der Waals surface area contributed by atoms with E-state index in [0.29, 0.717) is 28.0 Å². The number of benzene rings is 1. The summed E-state index contributed by atoms with van der Waals surface area (Å²) in [6, 6.07) is 7.45. The van der Waals surface area contributed by atoms with E-state index in [1.807, 2.05) is 42.1 Å². The molecule has 0 saturated carbocycles. The predicted molar refractivity (Wildman–Crippen MR) is 124 cm³/mol. The van der Waals surface area contributed by atoms with Gasteiger partial charge in [0.15, 0.2) is 5.65 Å². The van der Waals surface area contributed by atoms with Crippen molar-refractivity contribution in [2.24, 2.45) is 7.05 Å². The van der Waals surface area contributed by atoms with Crippen molar-refractivity contribution < 1.29 is 4.79 Å². The van der Waals surface area contributed by atoms with Crippen LogP contribution in [0.1, 0.15) is 0 Å². The van der Waals surface area contributed by atoms with Gasteiger partial charge in [0.25, 0.3) is 0 Å². The van der Waals surface area contributed by atoms with Gasteiger partial charge in [0.2, 0.25) is 11.9 Å². The van der Waals surface area contributed by atoms with Gasteiger partial charge in [-0.05, 0) is 18.2 Å². The maximum absolute atomic E-state index is 11.6. The van der Waals surface area contributed by atoms with E-state index in [1.165, 1.54) is 6.08 Å². The number of nitrogens with one attached hydrogen (secondary N) is 2. The van der Waals surface area contributed by atoms with Crippen LogP contribution in [-0.2, 0) is 11.8 Å². The molecule has 5 aromatic rings. The normalized spacial score (nSPS) is 11.1. The van der Waals surface area contributed by atoms with Gasteiger partial charge in [-0.15, -0.1) is 0 Å². The second kappa shape index (κ2) is 7.78. The van der Waals surface area contributed by atoms with E-state index in [0.717, 1.165) is 22.1 Å². The van der Waals surface area contributed by atoms with Crippen LogP contribution in [0.15, 0.2) is 67.9 Å². The average Bonchev–Trinajstić information content (AvgIpc) is 3.39. The number of amides is 1. The van der Waals surface area contributed by atoms with Crippen molar-refractivity contribution in [1.29, 1.82) is 0 Å². The molecule has 0 aliphatic heterocycles. The molecule has 9 nitrogen and oxygen atoms in total. The van der Waals surface area contributed by atoms with Gasteiger partial charge in [0, 0.05) is 35.9 Å². The molecule has 4 aromatic heterocycles. The van der Waals surface area contributed by atoms with Gasteiger partial charge in [-0.2, -0.15) is 5.10 Å². The minimum Gasteiger partial charge on any atom is -0.350 e. The summed E-state index contributed by atoms with van der Waals surface area (Å²) in [5.41, 5.74) is 4.46. The van der Waals surface area contributed by atoms with Gasteiger partial charge in [-0.3, -0.25) is 4.79 Å². The standard InChI is InChI=1S/C22H17ClN8O/c1-3-20(32)27-13-4-5-15-16(12-30(2)18(15)8-13)21-17(23)10-25-22(29-21)28-14-9-24-19-6-7-26-31(19)11-14/h3-12H,1H2,2H3,(H,27,32)(H,25,28,29). The number of aryl methyl sites for hydroxylation is 1. The fraction of sp³-hybridized carbons (Fsp3) is 0.0455. The van der Waals surface area contributed by atoms with Crippen molar-refractivity contribution in [2.75, 3.05) is 10.6 Å². The van der Waals surface area contributed by atoms with E-state index in [-0.39, 0.29) is 5.91 Å². The fourth-order valence-electron chi connectivity index (χ4n) is 3.46. The molecule has 0 saturated heterocycles. The third kappa shape index (κ3) is 3.54. The largest absolute Gasteiger partial charge is 0.350 e. The van der Waals surface area contributed by atoms with Crippen molar-refractivity contribution in [2.45, 2.75) is 0 Å². The molecule has 2 N–H and O–H groups in total. The summed E-state index contributed by atoms with van der Waals surface area (Å²) in [6.07, 6.45) is 9.90. The SMILES string of the molecule is C=CC(=O)Nc1ccc2c(-c3nc(Nc4cnc5ccnn5c4)ncc3Cl)cn(C)c2c1. The lowest BCUT2D eigenvalue weighted by Crippen LogP contribution is -2.07. The molecular formula is C22H17ClN8O. The Bertz CT molecular complexity index is 1500. The second-order valence-electron chi connectivity index (χ2n) is 7.07. The lowest BCUT2D eigenvalue weighted by Gasteiger charge is -2.08. The monoisotopic (exact) mass is 444 g/mol. The highest BCUT2D eigenvalue weighted by atomic mass is 35.5. The molecule has 0 radical (unpaired) electrons. The number of anilines is 3. The van der Waals surface area contributed by atoms with Crippen LogP contribution in [-0.4, -0.2) is 35.0 Å². The number of hydrogen-bond donors (Lipinski definition) is 2. The van der Waals surface area contributed by atoms with Crippen LogP contribution in [0.2, 0.25) is 5.02 Å². The molecule has 0 unspecified atom stereocenters. The minimum absolute atomic E-state index is 0.267. The molecule has 1 amide bonds. The lowest BCUT2D eigenvalue weighted by atomic mass is 10.1. The highest BCUT2D eigenvalue weighted by molar-refractivity contribution is 6.33. The molecule has 0 bridgehead atoms. The number of halogens is 1. The first kappa shape index (κ1) is 19.7. The third-order valence-electron chi connectivity index (χ3n) is 4.95. The molecule has 5 rings (SSSR count). The first-order chi connectivity index (χ1) is 15.5. The number of hydrogen-bond acceptors (Lipinski definition) is 6. The zero-order valence-electron chi connectivity index (χ0n) is 17.0. The van der Waals surface area contributed by atoms with Gasteiger partial charge in [-0.25, -0.2) is 19.5 Å². The van der Waals surface area contributed by atoms with Crippen LogP contribution in [0.5, 0.6) is 0 Å². The van der Waals surface area contributed by atoms with Crippen molar-refractivity contribution in [1.82, 2.24) is 29.1 Å². The smallest absolute Gasteiger partial charge is 0.247 e. The number of aromatic nitrogens is 6. The zero-order chi connectivity index (χ0) is 22.2. The van der Waals surface area contributed by atoms with Crippen molar-refractivity contribution >= 4 is 51.4 Å². The fourth-order valence-corrected chi connectivity index (χ4v) is 3.66. The highest BCUT2D eigenvalue weighted by Crippen LogP contribution is 2.35. The average molecular weight is 445 g/mol. The predicted octanol–water partition coefficient (Wildman–Crippen LogP) is 4.20. The Balaban J connectivity index is 1.52. The maximum atomic E-state index is 11.6. The molecule has 1 aromatic carbocycles. The van der Waals surface area contributed by atoms with Crippen molar-refractivity contribution in [3.05, 3.63) is 72.9 Å². The maximum Gasteiger partial charge on any atom is 0.247 e. The number of nitrogens with zero attached hydrogens (tertiary/aromatic N) is 6. The van der Waals surface area contributed by atoms with Gasteiger partial charge >= 0.3 is 0 Å². The van der Waals surface area contributed by atoms with Crippen LogP contribution in [0.4, 0.5) is 17.3 Å². The van der Waals surface area contributed by atoms with Crippen LogP contribution >= 0.6 is 11.6 Å². The summed E-state index contributed by atoms with van der Waals surface area (Å²) in [5.74, 6) is 0.112. The first-order valence-corrected chi connectivity index (χ1v) is 10.0. The van der Waals surface area contributed by atoms with E-state index in [9.17, 15) is 4.79 Å². The van der Waals surface area contributed by atoms with E-state index in [2.05, 4.69) is 37.3 Å². The number of carbonyl (C=O) groups is 1. The molecular weight excluding hydrogens is 428 g/mol. The minimum atomic E-state index is -0.267. The van der Waals surface area contributed by atoms with E-state index in [4.69, 9.17) is 11.6 Å². The Hall–Kier alpha value is -4.24. The Morgan fingerprint density at radius 2 is 2.03 bits per heavy atom. The van der Waals surface area contributed by atoms with Gasteiger partial charge in [0.1, 0.15) is 0 Å². The summed E-state index contributed by atoms with van der Waals surface area (Å²) < 4.78 is 3.61. The highest BCUT2D eigenvalue weighted by Gasteiger charge is 2.15. The van der Waals surface area contributed by atoms with E-state index in [1.54, 1.807) is 29.3 Å². The lowest BCUT2D eigenvalue weighted by molar-refractivity contribution is -0.111. The van der Waals surface area contributed by atoms with E-state index >= 15 is 0 Å². The van der Waals surface area contributed by atoms with Gasteiger partial charge in [-0.1, -0.05) is 24.2 Å². The van der Waals surface area contributed by atoms with E-state index < -0.39 is 0 Å². The molecule has 32 heavy (non-hydrogen) atoms. The molecule has 10 heteroatoms. The Kier molecular flexibility index (Phi) is 4.79. The quantitative estimate of drug-likeness (QED) is 0.394. The molecule has 0 atom stereocenters. The Morgan fingerprint density at radius 3 is 2.88 bits per heavy atom.